The minimum atomic E-state index is 0.384. The number of H-pyrrole nitrogens is 1. The van der Waals surface area contributed by atoms with Crippen LogP contribution in [0.2, 0.25) is 0 Å². The third kappa shape index (κ3) is 2.14. The van der Waals surface area contributed by atoms with Gasteiger partial charge >= 0.3 is 0 Å². The highest BCUT2D eigenvalue weighted by molar-refractivity contribution is 5.46. The third-order valence-electron chi connectivity index (χ3n) is 4.04. The van der Waals surface area contributed by atoms with E-state index in [0.717, 1.165) is 37.2 Å². The average molecular weight is 283 g/mol. The summed E-state index contributed by atoms with van der Waals surface area (Å²) in [4.78, 5) is 8.66. The van der Waals surface area contributed by atoms with Crippen LogP contribution >= 0.6 is 0 Å². The van der Waals surface area contributed by atoms with Crippen molar-refractivity contribution >= 4 is 11.6 Å². The molecule has 1 aliphatic rings. The number of aromatic amines is 1. The van der Waals surface area contributed by atoms with E-state index in [1.807, 2.05) is 6.20 Å². The van der Waals surface area contributed by atoms with E-state index in [0.29, 0.717) is 11.8 Å². The largest absolute Gasteiger partial charge is 0.367 e. The third-order valence-corrected chi connectivity index (χ3v) is 4.04. The van der Waals surface area contributed by atoms with E-state index in [2.05, 4.69) is 43.6 Å². The highest BCUT2D eigenvalue weighted by Crippen LogP contribution is 2.22. The highest BCUT2D eigenvalue weighted by atomic mass is 15.4. The molecule has 0 radical (unpaired) electrons. The van der Waals surface area contributed by atoms with Crippen LogP contribution in [0.3, 0.4) is 0 Å². The summed E-state index contributed by atoms with van der Waals surface area (Å²) in [5.74, 6) is 1.61. The van der Waals surface area contributed by atoms with Crippen LogP contribution < -0.4 is 5.32 Å². The van der Waals surface area contributed by atoms with Gasteiger partial charge in [-0.25, -0.2) is 4.98 Å². The van der Waals surface area contributed by atoms with E-state index >= 15 is 0 Å². The average Bonchev–Trinajstić information content (AvgIpc) is 3.14. The summed E-state index contributed by atoms with van der Waals surface area (Å²) >= 11 is 0. The molecule has 2 N–H and O–H groups in total. The van der Waals surface area contributed by atoms with Gasteiger partial charge in [-0.15, -0.1) is 0 Å². The first kappa shape index (κ1) is 12.3. The molecule has 0 aliphatic heterocycles. The quantitative estimate of drug-likeness (QED) is 0.758. The van der Waals surface area contributed by atoms with Crippen LogP contribution in [0.4, 0.5) is 5.82 Å². The van der Waals surface area contributed by atoms with Crippen molar-refractivity contribution in [3.63, 3.8) is 0 Å². The minimum Gasteiger partial charge on any atom is -0.367 e. The summed E-state index contributed by atoms with van der Waals surface area (Å²) in [5.41, 5.74) is 3.60. The minimum absolute atomic E-state index is 0.384. The van der Waals surface area contributed by atoms with Gasteiger partial charge in [-0.2, -0.15) is 19.7 Å². The van der Waals surface area contributed by atoms with Crippen molar-refractivity contribution in [1.82, 2.24) is 29.8 Å². The van der Waals surface area contributed by atoms with Crippen LogP contribution in [0.1, 0.15) is 30.3 Å². The Balaban J connectivity index is 1.64. The van der Waals surface area contributed by atoms with E-state index in [4.69, 9.17) is 0 Å². The molecule has 21 heavy (non-hydrogen) atoms. The normalized spacial score (nSPS) is 17.9. The number of aryl methyl sites for hydroxylation is 2. The van der Waals surface area contributed by atoms with Crippen molar-refractivity contribution < 1.29 is 0 Å². The first-order valence-electron chi connectivity index (χ1n) is 7.31. The Morgan fingerprint density at radius 3 is 3.33 bits per heavy atom. The van der Waals surface area contributed by atoms with Gasteiger partial charge in [-0.3, -0.25) is 5.10 Å². The Hall–Kier alpha value is -2.44. The fourth-order valence-electron chi connectivity index (χ4n) is 2.89. The van der Waals surface area contributed by atoms with Gasteiger partial charge in [0, 0.05) is 23.5 Å². The maximum absolute atomic E-state index is 4.47. The predicted octanol–water partition coefficient (Wildman–Crippen LogP) is 1.38. The highest BCUT2D eigenvalue weighted by Gasteiger charge is 2.21. The first-order valence-corrected chi connectivity index (χ1v) is 7.31. The maximum atomic E-state index is 4.47. The predicted molar refractivity (Wildman–Crippen MR) is 78.2 cm³/mol. The molecule has 0 saturated heterocycles. The molecule has 3 heterocycles. The summed E-state index contributed by atoms with van der Waals surface area (Å²) < 4.78 is 1.77. The van der Waals surface area contributed by atoms with Gasteiger partial charge in [0.1, 0.15) is 12.1 Å². The van der Waals surface area contributed by atoms with Gasteiger partial charge in [-0.1, -0.05) is 6.92 Å². The molecular formula is C14H17N7. The Morgan fingerprint density at radius 2 is 2.43 bits per heavy atom. The SMILES string of the molecule is CCc1cc(NC2CCc3[nH]ncc3C2)n2ncnc2n1. The van der Waals surface area contributed by atoms with E-state index in [9.17, 15) is 0 Å². The van der Waals surface area contributed by atoms with Gasteiger partial charge in [0.05, 0.1) is 6.20 Å². The second kappa shape index (κ2) is 4.83. The number of nitrogens with one attached hydrogen (secondary N) is 2. The zero-order valence-electron chi connectivity index (χ0n) is 11.9. The van der Waals surface area contributed by atoms with E-state index in [1.54, 1.807) is 10.8 Å². The number of hydrogen-bond donors (Lipinski definition) is 2. The van der Waals surface area contributed by atoms with Crippen molar-refractivity contribution in [2.75, 3.05) is 5.32 Å². The summed E-state index contributed by atoms with van der Waals surface area (Å²) in [6.45, 7) is 2.09. The molecule has 0 amide bonds. The summed E-state index contributed by atoms with van der Waals surface area (Å²) in [5, 5.41) is 15.0. The van der Waals surface area contributed by atoms with Crippen LogP contribution in [0, 0.1) is 0 Å². The van der Waals surface area contributed by atoms with E-state index < -0.39 is 0 Å². The van der Waals surface area contributed by atoms with Crippen molar-refractivity contribution in [1.29, 1.82) is 0 Å². The number of fused-ring (bicyclic) bond motifs is 2. The van der Waals surface area contributed by atoms with Crippen LogP contribution in [0.15, 0.2) is 18.6 Å². The second-order valence-corrected chi connectivity index (χ2v) is 5.42. The lowest BCUT2D eigenvalue weighted by Crippen LogP contribution is -2.28. The number of aromatic nitrogens is 6. The van der Waals surface area contributed by atoms with Crippen molar-refractivity contribution in [3.05, 3.63) is 35.5 Å². The molecule has 3 aromatic heterocycles. The molecule has 0 bridgehead atoms. The molecule has 0 fully saturated rings. The molecule has 108 valence electrons. The maximum Gasteiger partial charge on any atom is 0.254 e. The van der Waals surface area contributed by atoms with Crippen molar-refractivity contribution in [3.8, 4) is 0 Å². The lowest BCUT2D eigenvalue weighted by molar-refractivity contribution is 0.599. The molecule has 0 spiro atoms. The van der Waals surface area contributed by atoms with Gasteiger partial charge in [0.2, 0.25) is 0 Å². The van der Waals surface area contributed by atoms with Gasteiger partial charge in [0.25, 0.3) is 5.78 Å². The number of nitrogens with zero attached hydrogens (tertiary/aromatic N) is 5. The molecule has 1 aliphatic carbocycles. The van der Waals surface area contributed by atoms with Crippen LogP contribution in [0.5, 0.6) is 0 Å². The lowest BCUT2D eigenvalue weighted by atomic mass is 9.93. The van der Waals surface area contributed by atoms with E-state index in [1.165, 1.54) is 11.3 Å². The van der Waals surface area contributed by atoms with Crippen LogP contribution in [-0.4, -0.2) is 35.8 Å². The Morgan fingerprint density at radius 1 is 1.48 bits per heavy atom. The molecule has 1 atom stereocenters. The summed E-state index contributed by atoms with van der Waals surface area (Å²) in [6, 6.07) is 2.45. The standard InChI is InChI=1S/C14H17N7/c1-2-10-6-13(21-14(19-10)15-8-17-21)18-11-3-4-12-9(5-11)7-16-20-12/h6-8,11,18H,2-5H2,1H3,(H,16,20). The zero-order chi connectivity index (χ0) is 14.2. The van der Waals surface area contributed by atoms with Crippen molar-refractivity contribution in [2.24, 2.45) is 0 Å². The molecule has 4 rings (SSSR count). The molecule has 1 unspecified atom stereocenters. The number of hydrogen-bond acceptors (Lipinski definition) is 5. The topological polar surface area (TPSA) is 83.8 Å². The number of rotatable bonds is 3. The molecule has 0 aromatic carbocycles. The van der Waals surface area contributed by atoms with Crippen LogP contribution in [0.25, 0.3) is 5.78 Å². The monoisotopic (exact) mass is 283 g/mol. The van der Waals surface area contributed by atoms with Gasteiger partial charge < -0.3 is 5.32 Å². The molecular weight excluding hydrogens is 266 g/mol. The van der Waals surface area contributed by atoms with Gasteiger partial charge in [-0.05, 0) is 31.2 Å². The zero-order valence-corrected chi connectivity index (χ0v) is 11.9. The second-order valence-electron chi connectivity index (χ2n) is 5.42. The van der Waals surface area contributed by atoms with Gasteiger partial charge in [0.15, 0.2) is 0 Å². The molecule has 0 saturated carbocycles. The Kier molecular flexibility index (Phi) is 2.83. The fourth-order valence-corrected chi connectivity index (χ4v) is 2.89. The smallest absolute Gasteiger partial charge is 0.254 e. The van der Waals surface area contributed by atoms with E-state index in [-0.39, 0.29) is 0 Å². The Labute approximate surface area is 121 Å². The fraction of sp³-hybridized carbons (Fsp3) is 0.429. The number of anilines is 1. The summed E-state index contributed by atoms with van der Waals surface area (Å²) in [7, 11) is 0. The lowest BCUT2D eigenvalue weighted by Gasteiger charge is -2.24. The molecule has 7 heteroatoms. The molecule has 7 nitrogen and oxygen atoms in total. The van der Waals surface area contributed by atoms with Crippen molar-refractivity contribution in [2.45, 2.75) is 38.6 Å². The first-order chi connectivity index (χ1) is 10.3. The summed E-state index contributed by atoms with van der Waals surface area (Å²) in [6.07, 6.45) is 7.44. The Bertz CT molecular complexity index is 773. The van der Waals surface area contributed by atoms with Crippen LogP contribution in [-0.2, 0) is 19.3 Å². The molecule has 3 aromatic rings.